The minimum absolute atomic E-state index is 0.00148. The van der Waals surface area contributed by atoms with E-state index in [0.29, 0.717) is 21.7 Å². The first-order chi connectivity index (χ1) is 10.0. The van der Waals surface area contributed by atoms with Gasteiger partial charge in [0, 0.05) is 36.3 Å². The maximum atomic E-state index is 12.8. The first-order valence-electron chi connectivity index (χ1n) is 7.36. The minimum atomic E-state index is 0.00148. The van der Waals surface area contributed by atoms with Gasteiger partial charge in [-0.25, -0.2) is 4.98 Å². The molecule has 2 atom stereocenters. The van der Waals surface area contributed by atoms with E-state index >= 15 is 0 Å². The molecule has 2 heterocycles. The predicted molar refractivity (Wildman–Crippen MR) is 90.4 cm³/mol. The van der Waals surface area contributed by atoms with Crippen molar-refractivity contribution in [2.45, 2.75) is 38.5 Å². The number of amides is 1. The van der Waals surface area contributed by atoms with Crippen LogP contribution in [0.15, 0.2) is 12.3 Å². The second-order valence-corrected chi connectivity index (χ2v) is 7.18. The lowest BCUT2D eigenvalue weighted by atomic mass is 10.1. The van der Waals surface area contributed by atoms with Crippen molar-refractivity contribution in [2.24, 2.45) is 0 Å². The summed E-state index contributed by atoms with van der Waals surface area (Å²) >= 11 is 8.09. The third-order valence-electron chi connectivity index (χ3n) is 3.79. The molecule has 0 saturated carbocycles. The van der Waals surface area contributed by atoms with E-state index in [4.69, 9.17) is 11.6 Å². The fraction of sp³-hybridized carbons (Fsp3) is 0.600. The van der Waals surface area contributed by atoms with E-state index in [1.165, 1.54) is 0 Å². The Kier molecular flexibility index (Phi) is 5.76. The van der Waals surface area contributed by atoms with E-state index in [-0.39, 0.29) is 11.9 Å². The minimum Gasteiger partial charge on any atom is -0.370 e. The van der Waals surface area contributed by atoms with Crippen molar-refractivity contribution in [3.05, 3.63) is 22.8 Å². The Balaban J connectivity index is 2.21. The number of pyridine rings is 1. The normalized spacial score (nSPS) is 22.2. The molecule has 0 spiro atoms. The standard InChI is InChI=1S/C15H22ClN3OS/c1-4-5-17-14-8-12(13(16)9-18-14)15(20)19-6-7-21-11(3)10(19)2/h8-11H,4-7H2,1-3H3,(H,17,18). The Morgan fingerprint density at radius 3 is 3.05 bits per heavy atom. The van der Waals surface area contributed by atoms with Crippen LogP contribution in [0.2, 0.25) is 5.02 Å². The first kappa shape index (κ1) is 16.4. The van der Waals surface area contributed by atoms with Gasteiger partial charge in [0.1, 0.15) is 5.82 Å². The molecule has 2 unspecified atom stereocenters. The summed E-state index contributed by atoms with van der Waals surface area (Å²) in [5.74, 6) is 1.68. The zero-order valence-electron chi connectivity index (χ0n) is 12.7. The van der Waals surface area contributed by atoms with Crippen LogP contribution in [0.3, 0.4) is 0 Å². The maximum Gasteiger partial charge on any atom is 0.255 e. The smallest absolute Gasteiger partial charge is 0.255 e. The molecular formula is C15H22ClN3OS. The summed E-state index contributed by atoms with van der Waals surface area (Å²) in [6.45, 7) is 7.95. The van der Waals surface area contributed by atoms with Crippen LogP contribution in [0.4, 0.5) is 5.82 Å². The Morgan fingerprint density at radius 1 is 1.57 bits per heavy atom. The second-order valence-electron chi connectivity index (χ2n) is 5.29. The highest BCUT2D eigenvalue weighted by Crippen LogP contribution is 2.28. The van der Waals surface area contributed by atoms with Crippen molar-refractivity contribution < 1.29 is 4.79 Å². The lowest BCUT2D eigenvalue weighted by molar-refractivity contribution is 0.0698. The van der Waals surface area contributed by atoms with Gasteiger partial charge in [-0.15, -0.1) is 0 Å². The SMILES string of the molecule is CCCNc1cc(C(=O)N2CCSC(C)C2C)c(Cl)cn1. The third-order valence-corrected chi connectivity index (χ3v) is 5.43. The van der Waals surface area contributed by atoms with Gasteiger partial charge >= 0.3 is 0 Å². The number of carbonyl (C=O) groups excluding carboxylic acids is 1. The predicted octanol–water partition coefficient (Wildman–Crippen LogP) is 3.52. The highest BCUT2D eigenvalue weighted by atomic mass is 35.5. The second kappa shape index (κ2) is 7.36. The lowest BCUT2D eigenvalue weighted by Crippen LogP contribution is -2.48. The molecule has 116 valence electrons. The summed E-state index contributed by atoms with van der Waals surface area (Å²) in [5, 5.41) is 4.06. The van der Waals surface area contributed by atoms with Crippen LogP contribution in [-0.2, 0) is 0 Å². The number of aromatic nitrogens is 1. The van der Waals surface area contributed by atoms with Crippen LogP contribution in [-0.4, -0.2) is 45.9 Å². The van der Waals surface area contributed by atoms with E-state index in [1.54, 1.807) is 12.3 Å². The number of rotatable bonds is 4. The van der Waals surface area contributed by atoms with E-state index < -0.39 is 0 Å². The van der Waals surface area contributed by atoms with Crippen LogP contribution in [0.25, 0.3) is 0 Å². The van der Waals surface area contributed by atoms with E-state index in [0.717, 1.165) is 25.3 Å². The summed E-state index contributed by atoms with van der Waals surface area (Å²) in [7, 11) is 0. The Hall–Kier alpha value is -0.940. The number of thioether (sulfide) groups is 1. The molecule has 1 aliphatic heterocycles. The molecule has 0 bridgehead atoms. The molecule has 0 radical (unpaired) electrons. The third kappa shape index (κ3) is 3.83. The number of halogens is 1. The number of anilines is 1. The fourth-order valence-electron chi connectivity index (χ4n) is 2.33. The van der Waals surface area contributed by atoms with Gasteiger partial charge in [-0.1, -0.05) is 25.4 Å². The molecule has 4 nitrogen and oxygen atoms in total. The summed E-state index contributed by atoms with van der Waals surface area (Å²) in [6, 6.07) is 1.98. The summed E-state index contributed by atoms with van der Waals surface area (Å²) in [5.41, 5.74) is 0.538. The highest BCUT2D eigenvalue weighted by Gasteiger charge is 2.30. The van der Waals surface area contributed by atoms with Crippen molar-refractivity contribution in [2.75, 3.05) is 24.2 Å². The van der Waals surface area contributed by atoms with Gasteiger partial charge in [-0.2, -0.15) is 11.8 Å². The van der Waals surface area contributed by atoms with Gasteiger partial charge in [0.2, 0.25) is 0 Å². The number of hydrogen-bond donors (Lipinski definition) is 1. The number of nitrogens with zero attached hydrogens (tertiary/aromatic N) is 2. The summed E-state index contributed by atoms with van der Waals surface area (Å²) in [6.07, 6.45) is 2.56. The summed E-state index contributed by atoms with van der Waals surface area (Å²) < 4.78 is 0. The molecule has 1 aromatic heterocycles. The van der Waals surface area contributed by atoms with Crippen molar-refractivity contribution in [1.82, 2.24) is 9.88 Å². The van der Waals surface area contributed by atoms with Crippen molar-refractivity contribution in [1.29, 1.82) is 0 Å². The quantitative estimate of drug-likeness (QED) is 0.919. The van der Waals surface area contributed by atoms with Gasteiger partial charge in [0.15, 0.2) is 0 Å². The van der Waals surface area contributed by atoms with E-state index in [9.17, 15) is 4.79 Å². The lowest BCUT2D eigenvalue weighted by Gasteiger charge is -2.37. The molecule has 1 aromatic rings. The number of hydrogen-bond acceptors (Lipinski definition) is 4. The maximum absolute atomic E-state index is 12.8. The zero-order chi connectivity index (χ0) is 15.4. The van der Waals surface area contributed by atoms with Gasteiger partial charge < -0.3 is 10.2 Å². The van der Waals surface area contributed by atoms with Crippen LogP contribution >= 0.6 is 23.4 Å². The van der Waals surface area contributed by atoms with Crippen LogP contribution < -0.4 is 5.32 Å². The van der Waals surface area contributed by atoms with Gasteiger partial charge in [-0.3, -0.25) is 4.79 Å². The molecule has 2 rings (SSSR count). The highest BCUT2D eigenvalue weighted by molar-refractivity contribution is 8.00. The first-order valence-corrected chi connectivity index (χ1v) is 8.79. The molecule has 0 aromatic carbocycles. The molecular weight excluding hydrogens is 306 g/mol. The number of nitrogens with one attached hydrogen (secondary N) is 1. The molecule has 1 saturated heterocycles. The fourth-order valence-corrected chi connectivity index (χ4v) is 3.61. The van der Waals surface area contributed by atoms with E-state index in [2.05, 4.69) is 31.1 Å². The monoisotopic (exact) mass is 327 g/mol. The van der Waals surface area contributed by atoms with Crippen molar-refractivity contribution in [3.8, 4) is 0 Å². The molecule has 0 aliphatic carbocycles. The van der Waals surface area contributed by atoms with Crippen molar-refractivity contribution >= 4 is 35.1 Å². The zero-order valence-corrected chi connectivity index (χ0v) is 14.3. The average Bonchev–Trinajstić information content (AvgIpc) is 2.48. The van der Waals surface area contributed by atoms with Gasteiger partial charge in [0.05, 0.1) is 10.6 Å². The number of carbonyl (C=O) groups is 1. The molecule has 1 aliphatic rings. The van der Waals surface area contributed by atoms with Crippen LogP contribution in [0, 0.1) is 0 Å². The molecule has 21 heavy (non-hydrogen) atoms. The molecule has 1 N–H and O–H groups in total. The largest absolute Gasteiger partial charge is 0.370 e. The van der Waals surface area contributed by atoms with Crippen LogP contribution in [0.1, 0.15) is 37.6 Å². The molecule has 1 amide bonds. The van der Waals surface area contributed by atoms with Gasteiger partial charge in [0.25, 0.3) is 5.91 Å². The van der Waals surface area contributed by atoms with E-state index in [1.807, 2.05) is 16.7 Å². The molecule has 6 heteroatoms. The topological polar surface area (TPSA) is 45.2 Å². The summed E-state index contributed by atoms with van der Waals surface area (Å²) in [4.78, 5) is 18.9. The Labute approximate surface area is 135 Å². The van der Waals surface area contributed by atoms with Crippen molar-refractivity contribution in [3.63, 3.8) is 0 Å². The Bertz CT molecular complexity index is 512. The average molecular weight is 328 g/mol. The molecule has 1 fully saturated rings. The van der Waals surface area contributed by atoms with Gasteiger partial charge in [-0.05, 0) is 19.4 Å². The van der Waals surface area contributed by atoms with Crippen LogP contribution in [0.5, 0.6) is 0 Å². The Morgan fingerprint density at radius 2 is 2.33 bits per heavy atom.